The zero-order chi connectivity index (χ0) is 13.2. The molecule has 2 rings (SSSR count). The molecule has 18 heavy (non-hydrogen) atoms. The van der Waals surface area contributed by atoms with Crippen LogP contribution in [0.15, 0.2) is 0 Å². The maximum atomic E-state index is 6.04. The van der Waals surface area contributed by atoms with Gasteiger partial charge in [-0.25, -0.2) is 0 Å². The van der Waals surface area contributed by atoms with Crippen molar-refractivity contribution in [1.29, 1.82) is 0 Å². The van der Waals surface area contributed by atoms with Crippen LogP contribution in [-0.2, 0) is 4.74 Å². The van der Waals surface area contributed by atoms with Crippen LogP contribution in [0.5, 0.6) is 0 Å². The number of hydrogen-bond donors (Lipinski definition) is 1. The molecular weight excluding hydrogens is 222 g/mol. The third-order valence-corrected chi connectivity index (χ3v) is 4.53. The van der Waals surface area contributed by atoms with E-state index >= 15 is 0 Å². The van der Waals surface area contributed by atoms with E-state index < -0.39 is 0 Å². The SMILES string of the molecule is CCCNC(CCC(C)(C)C)C1CC2CCC1O2. The molecule has 4 unspecified atom stereocenters. The molecule has 2 heteroatoms. The Balaban J connectivity index is 1.88. The van der Waals surface area contributed by atoms with Gasteiger partial charge in [-0.2, -0.15) is 0 Å². The first-order valence-corrected chi connectivity index (χ1v) is 7.88. The lowest BCUT2D eigenvalue weighted by atomic mass is 9.79. The second kappa shape index (κ2) is 5.92. The fraction of sp³-hybridized carbons (Fsp3) is 1.00. The Bertz CT molecular complexity index is 258. The quantitative estimate of drug-likeness (QED) is 0.778. The Kier molecular flexibility index (Phi) is 4.71. The molecule has 0 aromatic rings. The van der Waals surface area contributed by atoms with Crippen molar-refractivity contribution in [3.05, 3.63) is 0 Å². The van der Waals surface area contributed by atoms with Crippen LogP contribution < -0.4 is 5.32 Å². The largest absolute Gasteiger partial charge is 0.375 e. The van der Waals surface area contributed by atoms with Crippen LogP contribution in [0.2, 0.25) is 0 Å². The molecule has 2 heterocycles. The Morgan fingerprint density at radius 2 is 2.06 bits per heavy atom. The molecule has 0 aliphatic carbocycles. The first kappa shape index (κ1) is 14.3. The van der Waals surface area contributed by atoms with Gasteiger partial charge in [0.15, 0.2) is 0 Å². The molecule has 106 valence electrons. The molecule has 2 nitrogen and oxygen atoms in total. The highest BCUT2D eigenvalue weighted by Gasteiger charge is 2.44. The highest BCUT2D eigenvalue weighted by molar-refractivity contribution is 4.95. The van der Waals surface area contributed by atoms with Gasteiger partial charge in [0.25, 0.3) is 0 Å². The Morgan fingerprint density at radius 3 is 2.56 bits per heavy atom. The fourth-order valence-corrected chi connectivity index (χ4v) is 3.49. The summed E-state index contributed by atoms with van der Waals surface area (Å²) in [6.07, 6.45) is 8.90. The first-order valence-electron chi connectivity index (χ1n) is 7.88. The summed E-state index contributed by atoms with van der Waals surface area (Å²) < 4.78 is 6.04. The van der Waals surface area contributed by atoms with Crippen molar-refractivity contribution in [2.75, 3.05) is 6.54 Å². The van der Waals surface area contributed by atoms with Crippen molar-refractivity contribution in [3.8, 4) is 0 Å². The average molecular weight is 253 g/mol. The summed E-state index contributed by atoms with van der Waals surface area (Å²) in [5.74, 6) is 0.776. The van der Waals surface area contributed by atoms with Crippen LogP contribution in [-0.4, -0.2) is 24.8 Å². The number of ether oxygens (including phenoxy) is 1. The van der Waals surface area contributed by atoms with E-state index in [1.165, 1.54) is 38.5 Å². The predicted octanol–water partition coefficient (Wildman–Crippen LogP) is 3.75. The summed E-state index contributed by atoms with van der Waals surface area (Å²) in [6.45, 7) is 10.5. The van der Waals surface area contributed by atoms with Crippen LogP contribution in [0.25, 0.3) is 0 Å². The fourth-order valence-electron chi connectivity index (χ4n) is 3.49. The molecule has 2 saturated heterocycles. The molecule has 0 saturated carbocycles. The van der Waals surface area contributed by atoms with Crippen molar-refractivity contribution in [1.82, 2.24) is 5.32 Å². The summed E-state index contributed by atoms with van der Waals surface area (Å²) in [5, 5.41) is 3.79. The van der Waals surface area contributed by atoms with E-state index in [9.17, 15) is 0 Å². The molecule has 0 spiro atoms. The number of fused-ring (bicyclic) bond motifs is 2. The standard InChI is InChI=1S/C16H31NO/c1-5-10-17-14(8-9-16(2,3)4)13-11-12-6-7-15(13)18-12/h12-15,17H,5-11H2,1-4H3. The average Bonchev–Trinajstić information content (AvgIpc) is 2.89. The predicted molar refractivity (Wildman–Crippen MR) is 76.8 cm³/mol. The van der Waals surface area contributed by atoms with E-state index in [0.29, 0.717) is 23.7 Å². The van der Waals surface area contributed by atoms with Gasteiger partial charge in [0.05, 0.1) is 12.2 Å². The van der Waals surface area contributed by atoms with Crippen molar-refractivity contribution >= 4 is 0 Å². The lowest BCUT2D eigenvalue weighted by Gasteiger charge is -2.31. The van der Waals surface area contributed by atoms with Gasteiger partial charge in [0.2, 0.25) is 0 Å². The minimum atomic E-state index is 0.449. The van der Waals surface area contributed by atoms with E-state index in [-0.39, 0.29) is 0 Å². The van der Waals surface area contributed by atoms with Gasteiger partial charge in [0.1, 0.15) is 0 Å². The zero-order valence-corrected chi connectivity index (χ0v) is 12.7. The molecular formula is C16H31NO. The van der Waals surface area contributed by atoms with E-state index in [0.717, 1.165) is 12.5 Å². The van der Waals surface area contributed by atoms with Gasteiger partial charge in [0, 0.05) is 12.0 Å². The first-order chi connectivity index (χ1) is 8.49. The summed E-state index contributed by atoms with van der Waals surface area (Å²) in [4.78, 5) is 0. The van der Waals surface area contributed by atoms with Gasteiger partial charge >= 0.3 is 0 Å². The van der Waals surface area contributed by atoms with Gasteiger partial charge in [-0.3, -0.25) is 0 Å². The van der Waals surface area contributed by atoms with Crippen molar-refractivity contribution in [2.24, 2.45) is 11.3 Å². The van der Waals surface area contributed by atoms with Crippen LogP contribution in [0.1, 0.15) is 66.2 Å². The third kappa shape index (κ3) is 3.71. The summed E-state index contributed by atoms with van der Waals surface area (Å²) >= 11 is 0. The van der Waals surface area contributed by atoms with Crippen LogP contribution in [0.3, 0.4) is 0 Å². The molecule has 2 bridgehead atoms. The smallest absolute Gasteiger partial charge is 0.0623 e. The summed E-state index contributed by atoms with van der Waals surface area (Å²) in [6, 6.07) is 0.680. The second-order valence-corrected chi connectivity index (χ2v) is 7.43. The maximum absolute atomic E-state index is 6.04. The number of rotatable bonds is 6. The highest BCUT2D eigenvalue weighted by atomic mass is 16.5. The summed E-state index contributed by atoms with van der Waals surface area (Å²) in [7, 11) is 0. The molecule has 0 aromatic carbocycles. The number of hydrogen-bond acceptors (Lipinski definition) is 2. The topological polar surface area (TPSA) is 21.3 Å². The van der Waals surface area contributed by atoms with E-state index in [2.05, 4.69) is 33.0 Å². The summed E-state index contributed by atoms with van der Waals surface area (Å²) in [5.41, 5.74) is 0.449. The lowest BCUT2D eigenvalue weighted by molar-refractivity contribution is 0.0837. The van der Waals surface area contributed by atoms with Gasteiger partial charge in [-0.1, -0.05) is 27.7 Å². The van der Waals surface area contributed by atoms with Gasteiger partial charge < -0.3 is 10.1 Å². The van der Waals surface area contributed by atoms with Crippen LogP contribution >= 0.6 is 0 Å². The molecule has 0 radical (unpaired) electrons. The van der Waals surface area contributed by atoms with Crippen molar-refractivity contribution < 1.29 is 4.74 Å². The van der Waals surface area contributed by atoms with Gasteiger partial charge in [-0.05, 0) is 50.5 Å². The van der Waals surface area contributed by atoms with Crippen molar-refractivity contribution in [3.63, 3.8) is 0 Å². The van der Waals surface area contributed by atoms with Gasteiger partial charge in [-0.15, -0.1) is 0 Å². The second-order valence-electron chi connectivity index (χ2n) is 7.43. The van der Waals surface area contributed by atoms with Crippen molar-refractivity contribution in [2.45, 2.75) is 84.5 Å². The Morgan fingerprint density at radius 1 is 1.28 bits per heavy atom. The van der Waals surface area contributed by atoms with E-state index in [1.54, 1.807) is 0 Å². The lowest BCUT2D eigenvalue weighted by Crippen LogP contribution is -2.41. The maximum Gasteiger partial charge on any atom is 0.0623 e. The van der Waals surface area contributed by atoms with Crippen LogP contribution in [0.4, 0.5) is 0 Å². The highest BCUT2D eigenvalue weighted by Crippen LogP contribution is 2.41. The molecule has 2 aliphatic rings. The zero-order valence-electron chi connectivity index (χ0n) is 12.7. The van der Waals surface area contributed by atoms with E-state index in [1.807, 2.05) is 0 Å². The normalized spacial score (nSPS) is 33.0. The van der Waals surface area contributed by atoms with E-state index in [4.69, 9.17) is 4.74 Å². The third-order valence-electron chi connectivity index (χ3n) is 4.53. The number of nitrogens with one attached hydrogen (secondary N) is 1. The molecule has 0 aromatic heterocycles. The van der Waals surface area contributed by atoms with Crippen LogP contribution in [0, 0.1) is 11.3 Å². The minimum absolute atomic E-state index is 0.449. The molecule has 2 fully saturated rings. The molecule has 2 aliphatic heterocycles. The monoisotopic (exact) mass is 253 g/mol. The minimum Gasteiger partial charge on any atom is -0.375 e. The Hall–Kier alpha value is -0.0800. The molecule has 0 amide bonds. The Labute approximate surface area is 113 Å². The molecule has 4 atom stereocenters. The molecule has 1 N–H and O–H groups in total.